The van der Waals surface area contributed by atoms with Crippen LogP contribution in [0, 0.1) is 0 Å². The van der Waals surface area contributed by atoms with Crippen LogP contribution in [0.5, 0.6) is 0 Å². The highest BCUT2D eigenvalue weighted by molar-refractivity contribution is 7.12. The summed E-state index contributed by atoms with van der Waals surface area (Å²) in [5.41, 5.74) is -0.704. The fraction of sp³-hybridized carbons (Fsp3) is 0.667. The van der Waals surface area contributed by atoms with Gasteiger partial charge in [0.2, 0.25) is 0 Å². The van der Waals surface area contributed by atoms with Crippen molar-refractivity contribution < 1.29 is 9.84 Å². The van der Waals surface area contributed by atoms with Gasteiger partial charge in [0, 0.05) is 23.3 Å². The molecule has 1 unspecified atom stereocenters. The molecular formula is C12H20O2S. The van der Waals surface area contributed by atoms with Gasteiger partial charge in [-0.05, 0) is 25.0 Å². The number of ether oxygens (including phenoxy) is 1. The van der Waals surface area contributed by atoms with Crippen LogP contribution in [0.1, 0.15) is 30.0 Å². The molecule has 15 heavy (non-hydrogen) atoms. The predicted octanol–water partition coefficient (Wildman–Crippen LogP) is 2.64. The van der Waals surface area contributed by atoms with E-state index in [9.17, 15) is 5.11 Å². The minimum absolute atomic E-state index is 0.406. The van der Waals surface area contributed by atoms with E-state index in [-0.39, 0.29) is 0 Å². The molecule has 1 rings (SSSR count). The second-order valence-electron chi connectivity index (χ2n) is 3.91. The van der Waals surface area contributed by atoms with E-state index in [1.165, 1.54) is 9.75 Å². The average Bonchev–Trinajstić information content (AvgIpc) is 2.66. The molecule has 0 fully saturated rings. The van der Waals surface area contributed by atoms with E-state index in [2.05, 4.69) is 19.1 Å². The maximum atomic E-state index is 10.2. The zero-order valence-electron chi connectivity index (χ0n) is 9.75. The zero-order valence-corrected chi connectivity index (χ0v) is 10.6. The lowest BCUT2D eigenvalue weighted by molar-refractivity contribution is -0.0327. The van der Waals surface area contributed by atoms with Crippen molar-refractivity contribution in [3.05, 3.63) is 21.9 Å². The van der Waals surface area contributed by atoms with E-state index in [4.69, 9.17) is 4.74 Å². The highest BCUT2D eigenvalue weighted by Gasteiger charge is 2.25. The van der Waals surface area contributed by atoms with Gasteiger partial charge in [0.25, 0.3) is 0 Å². The van der Waals surface area contributed by atoms with Crippen molar-refractivity contribution in [1.82, 2.24) is 0 Å². The standard InChI is InChI=1S/C12H20O2S/c1-4-10-6-7-11(15-10)8-12(13,5-2)9-14-3/h6-7,13H,4-5,8-9H2,1-3H3. The summed E-state index contributed by atoms with van der Waals surface area (Å²) in [6.45, 7) is 4.55. The van der Waals surface area contributed by atoms with Gasteiger partial charge in [-0.15, -0.1) is 11.3 Å². The number of rotatable bonds is 6. The van der Waals surface area contributed by atoms with Crippen LogP contribution in [0.3, 0.4) is 0 Å². The van der Waals surface area contributed by atoms with E-state index in [1.54, 1.807) is 18.4 Å². The topological polar surface area (TPSA) is 29.5 Å². The lowest BCUT2D eigenvalue weighted by Gasteiger charge is -2.25. The molecule has 0 aliphatic heterocycles. The fourth-order valence-electron chi connectivity index (χ4n) is 1.58. The summed E-state index contributed by atoms with van der Waals surface area (Å²) in [6, 6.07) is 4.25. The predicted molar refractivity (Wildman–Crippen MR) is 64.5 cm³/mol. The van der Waals surface area contributed by atoms with Crippen molar-refractivity contribution in [2.75, 3.05) is 13.7 Å². The van der Waals surface area contributed by atoms with Crippen molar-refractivity contribution in [2.24, 2.45) is 0 Å². The van der Waals surface area contributed by atoms with Crippen molar-refractivity contribution in [1.29, 1.82) is 0 Å². The molecule has 0 radical (unpaired) electrons. The molecule has 0 spiro atoms. The molecule has 0 amide bonds. The summed E-state index contributed by atoms with van der Waals surface area (Å²) < 4.78 is 5.06. The first-order valence-electron chi connectivity index (χ1n) is 5.42. The van der Waals surface area contributed by atoms with Crippen LogP contribution in [0.15, 0.2) is 12.1 Å². The van der Waals surface area contributed by atoms with Crippen LogP contribution in [-0.2, 0) is 17.6 Å². The molecule has 1 atom stereocenters. The third-order valence-corrected chi connectivity index (χ3v) is 3.87. The van der Waals surface area contributed by atoms with Gasteiger partial charge in [-0.1, -0.05) is 13.8 Å². The molecule has 0 saturated heterocycles. The third-order valence-electron chi connectivity index (χ3n) is 2.64. The largest absolute Gasteiger partial charge is 0.387 e. The van der Waals surface area contributed by atoms with Crippen molar-refractivity contribution in [3.8, 4) is 0 Å². The van der Waals surface area contributed by atoms with Gasteiger partial charge >= 0.3 is 0 Å². The van der Waals surface area contributed by atoms with Crippen LogP contribution >= 0.6 is 11.3 Å². The highest BCUT2D eigenvalue weighted by Crippen LogP contribution is 2.24. The number of aryl methyl sites for hydroxylation is 1. The Kier molecular flexibility index (Phi) is 4.77. The number of thiophene rings is 1. The van der Waals surface area contributed by atoms with Gasteiger partial charge in [0.05, 0.1) is 12.2 Å². The van der Waals surface area contributed by atoms with Gasteiger partial charge in [0.1, 0.15) is 0 Å². The van der Waals surface area contributed by atoms with Crippen LogP contribution in [-0.4, -0.2) is 24.4 Å². The Bertz CT molecular complexity index is 296. The number of hydrogen-bond acceptors (Lipinski definition) is 3. The molecule has 2 nitrogen and oxygen atoms in total. The third kappa shape index (κ3) is 3.59. The first-order chi connectivity index (χ1) is 7.13. The molecule has 1 N–H and O–H groups in total. The molecule has 0 bridgehead atoms. The Morgan fingerprint density at radius 3 is 2.47 bits per heavy atom. The Balaban J connectivity index is 2.65. The van der Waals surface area contributed by atoms with Crippen LogP contribution in [0.2, 0.25) is 0 Å². The van der Waals surface area contributed by atoms with E-state index in [0.717, 1.165) is 12.8 Å². The maximum absolute atomic E-state index is 10.2. The first-order valence-corrected chi connectivity index (χ1v) is 6.24. The van der Waals surface area contributed by atoms with Gasteiger partial charge in [-0.25, -0.2) is 0 Å². The van der Waals surface area contributed by atoms with Crippen molar-refractivity contribution in [3.63, 3.8) is 0 Å². The van der Waals surface area contributed by atoms with Crippen molar-refractivity contribution in [2.45, 2.75) is 38.7 Å². The molecule has 0 saturated carbocycles. The van der Waals surface area contributed by atoms with Gasteiger partial charge in [-0.2, -0.15) is 0 Å². The smallest absolute Gasteiger partial charge is 0.0925 e. The van der Waals surface area contributed by atoms with Crippen molar-refractivity contribution >= 4 is 11.3 Å². The fourth-order valence-corrected chi connectivity index (χ4v) is 2.67. The van der Waals surface area contributed by atoms with E-state index >= 15 is 0 Å². The van der Waals surface area contributed by atoms with E-state index in [1.807, 2.05) is 6.92 Å². The molecule has 0 aliphatic carbocycles. The van der Waals surface area contributed by atoms with Gasteiger partial charge in [-0.3, -0.25) is 0 Å². The minimum Gasteiger partial charge on any atom is -0.387 e. The zero-order chi connectivity index (χ0) is 11.3. The lowest BCUT2D eigenvalue weighted by Crippen LogP contribution is -2.35. The summed E-state index contributed by atoms with van der Waals surface area (Å²) >= 11 is 1.79. The summed E-state index contributed by atoms with van der Waals surface area (Å²) in [5.74, 6) is 0. The summed E-state index contributed by atoms with van der Waals surface area (Å²) in [6.07, 6.45) is 2.49. The average molecular weight is 228 g/mol. The number of hydrogen-bond donors (Lipinski definition) is 1. The molecular weight excluding hydrogens is 208 g/mol. The lowest BCUT2D eigenvalue weighted by atomic mass is 9.97. The van der Waals surface area contributed by atoms with Gasteiger partial charge in [0.15, 0.2) is 0 Å². The highest BCUT2D eigenvalue weighted by atomic mass is 32.1. The number of methoxy groups -OCH3 is 1. The van der Waals surface area contributed by atoms with Crippen LogP contribution in [0.25, 0.3) is 0 Å². The minimum atomic E-state index is -0.704. The molecule has 1 heterocycles. The quantitative estimate of drug-likeness (QED) is 0.811. The number of aliphatic hydroxyl groups is 1. The van der Waals surface area contributed by atoms with Gasteiger partial charge < -0.3 is 9.84 Å². The summed E-state index contributed by atoms with van der Waals surface area (Å²) in [4.78, 5) is 2.62. The molecule has 1 aromatic rings. The van der Waals surface area contributed by atoms with E-state index < -0.39 is 5.60 Å². The molecule has 3 heteroatoms. The normalized spacial score (nSPS) is 15.2. The van der Waals surface area contributed by atoms with E-state index in [0.29, 0.717) is 13.0 Å². The second kappa shape index (κ2) is 5.64. The first kappa shape index (κ1) is 12.7. The van der Waals surface area contributed by atoms with Crippen LogP contribution in [0.4, 0.5) is 0 Å². The Labute approximate surface area is 95.9 Å². The molecule has 0 aliphatic rings. The Hall–Kier alpha value is -0.380. The summed E-state index contributed by atoms with van der Waals surface area (Å²) in [7, 11) is 1.63. The second-order valence-corrected chi connectivity index (χ2v) is 5.16. The van der Waals surface area contributed by atoms with Crippen LogP contribution < -0.4 is 0 Å². The monoisotopic (exact) mass is 228 g/mol. The summed E-state index contributed by atoms with van der Waals surface area (Å²) in [5, 5.41) is 10.2. The molecule has 1 aromatic heterocycles. The SMILES string of the molecule is CCc1ccc(CC(O)(CC)COC)s1. The Morgan fingerprint density at radius 2 is 2.00 bits per heavy atom. The Morgan fingerprint density at radius 1 is 1.33 bits per heavy atom. The molecule has 0 aromatic carbocycles. The molecule has 86 valence electrons. The maximum Gasteiger partial charge on any atom is 0.0925 e.